The minimum absolute atomic E-state index is 0.0787. The topological polar surface area (TPSA) is 150 Å². The van der Waals surface area contributed by atoms with Gasteiger partial charge in [0.05, 0.1) is 26.2 Å². The number of ether oxygens (including phenoxy) is 5. The molecule has 1 aliphatic heterocycles. The molecule has 3 atom stereocenters. The highest BCUT2D eigenvalue weighted by Gasteiger charge is 2.47. The highest BCUT2D eigenvalue weighted by Crippen LogP contribution is 2.32. The predicted octanol–water partition coefficient (Wildman–Crippen LogP) is 6.15. The van der Waals surface area contributed by atoms with Crippen molar-refractivity contribution in [3.05, 3.63) is 42.0 Å². The van der Waals surface area contributed by atoms with E-state index in [2.05, 4.69) is 24.1 Å². The summed E-state index contributed by atoms with van der Waals surface area (Å²) in [5.41, 5.74) is -1.71. The Morgan fingerprint density at radius 2 is 1.63 bits per heavy atom. The van der Waals surface area contributed by atoms with Crippen molar-refractivity contribution in [2.75, 3.05) is 40.6 Å². The molecule has 3 N–H and O–H groups in total. The number of rotatable bonds is 27. The molecule has 0 unspecified atom stereocenters. The lowest BCUT2D eigenvalue weighted by molar-refractivity contribution is -0.168. The van der Waals surface area contributed by atoms with Gasteiger partial charge >= 0.3 is 11.9 Å². The van der Waals surface area contributed by atoms with Crippen LogP contribution in [0.15, 0.2) is 36.4 Å². The van der Waals surface area contributed by atoms with Gasteiger partial charge in [-0.1, -0.05) is 75.7 Å². The van der Waals surface area contributed by atoms with Crippen molar-refractivity contribution < 1.29 is 48.3 Å². The number of carbonyl (C=O) groups excluding carboxylic acids is 2. The van der Waals surface area contributed by atoms with Crippen LogP contribution >= 0.6 is 0 Å². The first-order valence-corrected chi connectivity index (χ1v) is 18.5. The van der Waals surface area contributed by atoms with E-state index in [9.17, 15) is 24.6 Å². The minimum atomic E-state index is -2.42. The number of allylic oxidation sites excluding steroid dienone is 1. The Kier molecular flexibility index (Phi) is 21.2. The average molecular weight is 716 g/mol. The predicted molar refractivity (Wildman–Crippen MR) is 195 cm³/mol. The Bertz CT molecular complexity index is 1250. The number of hydrogen-bond donors (Lipinski definition) is 3. The number of carboxylic acids is 1. The van der Waals surface area contributed by atoms with E-state index >= 15 is 0 Å². The van der Waals surface area contributed by atoms with E-state index in [-0.39, 0.29) is 32.5 Å². The van der Waals surface area contributed by atoms with Gasteiger partial charge in [0.2, 0.25) is 5.91 Å². The minimum Gasteiger partial charge on any atom is -0.481 e. The molecule has 0 aromatic heterocycles. The van der Waals surface area contributed by atoms with Crippen molar-refractivity contribution in [2.24, 2.45) is 5.92 Å². The van der Waals surface area contributed by atoms with Crippen LogP contribution in [0, 0.1) is 17.8 Å². The second-order valence-corrected chi connectivity index (χ2v) is 13.1. The van der Waals surface area contributed by atoms with Gasteiger partial charge in [-0.05, 0) is 63.1 Å². The van der Waals surface area contributed by atoms with Gasteiger partial charge in [-0.3, -0.25) is 4.79 Å². The highest BCUT2D eigenvalue weighted by atomic mass is 16.7. The zero-order valence-electron chi connectivity index (χ0n) is 31.2. The third kappa shape index (κ3) is 15.8. The van der Waals surface area contributed by atoms with Crippen molar-refractivity contribution >= 4 is 17.8 Å². The lowest BCUT2D eigenvalue weighted by Gasteiger charge is -2.31. The van der Waals surface area contributed by atoms with Gasteiger partial charge in [-0.15, -0.1) is 5.92 Å². The Morgan fingerprint density at radius 3 is 2.22 bits per heavy atom. The van der Waals surface area contributed by atoms with Crippen LogP contribution in [0.1, 0.15) is 109 Å². The lowest BCUT2D eigenvalue weighted by Crippen LogP contribution is -2.54. The van der Waals surface area contributed by atoms with Gasteiger partial charge in [-0.25, -0.2) is 9.59 Å². The molecule has 1 fully saturated rings. The summed E-state index contributed by atoms with van der Waals surface area (Å²) in [7, 11) is 2.69. The summed E-state index contributed by atoms with van der Waals surface area (Å²) in [5, 5.41) is 24.2. The fourth-order valence-corrected chi connectivity index (χ4v) is 6.24. The number of amides is 1. The van der Waals surface area contributed by atoms with Crippen LogP contribution in [-0.4, -0.2) is 86.1 Å². The van der Waals surface area contributed by atoms with E-state index in [0.717, 1.165) is 44.9 Å². The number of aliphatic hydroxyl groups is 1. The molecule has 1 saturated heterocycles. The number of methoxy groups -OCH3 is 2. The van der Waals surface area contributed by atoms with Gasteiger partial charge < -0.3 is 39.2 Å². The first-order valence-electron chi connectivity index (χ1n) is 18.5. The molecule has 1 amide bonds. The van der Waals surface area contributed by atoms with Crippen LogP contribution < -0.4 is 10.1 Å². The van der Waals surface area contributed by atoms with Crippen LogP contribution in [0.3, 0.4) is 0 Å². The fraction of sp³-hybridized carbons (Fsp3) is 0.675. The molecule has 286 valence electrons. The lowest BCUT2D eigenvalue weighted by atomic mass is 9.82. The molecule has 0 aliphatic carbocycles. The van der Waals surface area contributed by atoms with Crippen molar-refractivity contribution in [1.29, 1.82) is 0 Å². The van der Waals surface area contributed by atoms with Gasteiger partial charge in [-0.2, -0.15) is 0 Å². The Balaban J connectivity index is 2.05. The van der Waals surface area contributed by atoms with Gasteiger partial charge in [0.1, 0.15) is 18.4 Å². The van der Waals surface area contributed by atoms with Crippen LogP contribution in [0.25, 0.3) is 0 Å². The summed E-state index contributed by atoms with van der Waals surface area (Å²) in [5.74, 6) is 1.23. The van der Waals surface area contributed by atoms with Crippen molar-refractivity contribution in [3.8, 4) is 17.6 Å². The zero-order chi connectivity index (χ0) is 37.4. The SMILES string of the molecule is CC#CCOc1ccc(C[C@H](NC(=O)[C@@H](/C=C/CCCCCCC2(CCCCCCC)OCCO2)[C@@](O)(CCCOC)C(=O)O)C(=O)OC)cc1. The number of carboxylic acid groups (broad SMARTS) is 1. The van der Waals surface area contributed by atoms with Crippen molar-refractivity contribution in [1.82, 2.24) is 5.32 Å². The van der Waals surface area contributed by atoms with Gasteiger partial charge in [0.25, 0.3) is 0 Å². The number of benzene rings is 1. The maximum absolute atomic E-state index is 13.8. The summed E-state index contributed by atoms with van der Waals surface area (Å²) in [6, 6.07) is 5.86. The molecule has 1 aliphatic rings. The summed E-state index contributed by atoms with van der Waals surface area (Å²) in [4.78, 5) is 39.0. The fourth-order valence-electron chi connectivity index (χ4n) is 6.24. The molecular formula is C40H61NO10. The third-order valence-electron chi connectivity index (χ3n) is 9.21. The molecule has 0 bridgehead atoms. The Morgan fingerprint density at radius 1 is 0.980 bits per heavy atom. The maximum Gasteiger partial charge on any atom is 0.336 e. The van der Waals surface area contributed by atoms with Crippen molar-refractivity contribution in [2.45, 2.75) is 128 Å². The molecule has 2 rings (SSSR count). The van der Waals surface area contributed by atoms with Gasteiger partial charge in [0, 0.05) is 33.0 Å². The number of aliphatic carboxylic acids is 1. The Labute approximate surface area is 304 Å². The summed E-state index contributed by atoms with van der Waals surface area (Å²) in [6.45, 7) is 5.67. The van der Waals surface area contributed by atoms with Crippen LogP contribution in [0.2, 0.25) is 0 Å². The normalized spacial score (nSPS) is 16.1. The summed E-state index contributed by atoms with van der Waals surface area (Å²) in [6.07, 6.45) is 15.4. The monoisotopic (exact) mass is 715 g/mol. The number of nitrogens with one attached hydrogen (secondary N) is 1. The van der Waals surface area contributed by atoms with Crippen LogP contribution in [0.5, 0.6) is 5.75 Å². The third-order valence-corrected chi connectivity index (χ3v) is 9.21. The zero-order valence-corrected chi connectivity index (χ0v) is 31.2. The number of hydrogen-bond acceptors (Lipinski definition) is 9. The van der Waals surface area contributed by atoms with E-state index in [4.69, 9.17) is 23.7 Å². The van der Waals surface area contributed by atoms with E-state index in [1.54, 1.807) is 37.3 Å². The van der Waals surface area contributed by atoms with Crippen LogP contribution in [0.4, 0.5) is 0 Å². The molecule has 1 aromatic carbocycles. The number of esters is 1. The molecule has 1 heterocycles. The molecular weight excluding hydrogens is 654 g/mol. The largest absolute Gasteiger partial charge is 0.481 e. The first kappa shape index (κ1) is 43.7. The first-order chi connectivity index (χ1) is 24.6. The molecule has 11 nitrogen and oxygen atoms in total. The van der Waals surface area contributed by atoms with E-state index in [1.807, 2.05) is 0 Å². The molecule has 1 aromatic rings. The highest BCUT2D eigenvalue weighted by molar-refractivity contribution is 5.92. The molecule has 11 heteroatoms. The smallest absolute Gasteiger partial charge is 0.336 e. The molecule has 51 heavy (non-hydrogen) atoms. The van der Waals surface area contributed by atoms with Crippen molar-refractivity contribution in [3.63, 3.8) is 0 Å². The number of carbonyl (C=O) groups is 3. The molecule has 0 saturated carbocycles. The second-order valence-electron chi connectivity index (χ2n) is 13.1. The molecule has 0 radical (unpaired) electrons. The summed E-state index contributed by atoms with van der Waals surface area (Å²) < 4.78 is 27.7. The van der Waals surface area contributed by atoms with E-state index in [1.165, 1.54) is 46.0 Å². The Hall–Kier alpha value is -3.43. The van der Waals surface area contributed by atoms with E-state index < -0.39 is 41.2 Å². The molecule has 0 spiro atoms. The number of unbranched alkanes of at least 4 members (excludes halogenated alkanes) is 8. The van der Waals surface area contributed by atoms with E-state index in [0.29, 0.717) is 30.9 Å². The van der Waals surface area contributed by atoms with Crippen LogP contribution in [-0.2, 0) is 39.8 Å². The summed E-state index contributed by atoms with van der Waals surface area (Å²) >= 11 is 0. The average Bonchev–Trinajstić information content (AvgIpc) is 3.59. The standard InChI is InChI=1S/C40H61NO10/c1-5-7-9-13-16-24-39(50-29-30-51-39)25-17-14-11-10-12-15-19-34(40(46,38(44)45)26-18-27-47-3)36(42)41-35(37(43)48-4)31-32-20-22-33(23-21-32)49-28-8-6-2/h15,19-23,34-35,46H,5,7,9-14,16-18,24-31H2,1-4H3,(H,41,42)(H,44,45)/b19-15+/t34-,35+,40+/m1/s1. The van der Waals surface area contributed by atoms with Gasteiger partial charge in [0.15, 0.2) is 11.4 Å². The quantitative estimate of drug-likeness (QED) is 0.0419. The maximum atomic E-state index is 13.8. The second kappa shape index (κ2) is 24.7.